The van der Waals surface area contributed by atoms with E-state index in [4.69, 9.17) is 14.2 Å². The lowest BCUT2D eigenvalue weighted by molar-refractivity contribution is 0.0954. The van der Waals surface area contributed by atoms with Crippen molar-refractivity contribution in [1.82, 2.24) is 5.32 Å². The molecule has 0 heterocycles. The van der Waals surface area contributed by atoms with Gasteiger partial charge in [0.2, 0.25) is 0 Å². The van der Waals surface area contributed by atoms with Crippen LogP contribution in [0.1, 0.15) is 38.2 Å². The molecule has 32 heavy (non-hydrogen) atoms. The molecule has 5 nitrogen and oxygen atoms in total. The SMILES string of the molecule is COc1ccc(CCNC(=O)c2ccc(OC)c(COc3cc(C)cc(C)c3C)c2)cc1. The molecule has 0 unspecified atom stereocenters. The zero-order valence-corrected chi connectivity index (χ0v) is 19.5. The summed E-state index contributed by atoms with van der Waals surface area (Å²) >= 11 is 0. The van der Waals surface area contributed by atoms with Gasteiger partial charge in [0.15, 0.2) is 0 Å². The Morgan fingerprint density at radius 2 is 1.62 bits per heavy atom. The number of aryl methyl sites for hydroxylation is 2. The van der Waals surface area contributed by atoms with Gasteiger partial charge in [0.1, 0.15) is 23.9 Å². The van der Waals surface area contributed by atoms with Crippen LogP contribution in [-0.4, -0.2) is 26.7 Å². The molecule has 0 aliphatic carbocycles. The van der Waals surface area contributed by atoms with Crippen molar-refractivity contribution in [2.24, 2.45) is 0 Å². The largest absolute Gasteiger partial charge is 0.497 e. The molecule has 0 spiro atoms. The van der Waals surface area contributed by atoms with E-state index in [1.165, 1.54) is 5.56 Å². The summed E-state index contributed by atoms with van der Waals surface area (Å²) in [5, 5.41) is 2.99. The van der Waals surface area contributed by atoms with Crippen molar-refractivity contribution in [2.45, 2.75) is 33.8 Å². The number of methoxy groups -OCH3 is 2. The fourth-order valence-corrected chi connectivity index (χ4v) is 3.55. The third kappa shape index (κ3) is 5.82. The summed E-state index contributed by atoms with van der Waals surface area (Å²) in [5.41, 5.74) is 6.00. The van der Waals surface area contributed by atoms with Gasteiger partial charge in [-0.05, 0) is 85.8 Å². The third-order valence-electron chi connectivity index (χ3n) is 5.55. The van der Waals surface area contributed by atoms with Crippen LogP contribution in [0.3, 0.4) is 0 Å². The van der Waals surface area contributed by atoms with Crippen LogP contribution in [0.15, 0.2) is 54.6 Å². The Morgan fingerprint density at radius 1 is 0.875 bits per heavy atom. The molecule has 5 heteroatoms. The Kier molecular flexibility index (Phi) is 7.77. The maximum absolute atomic E-state index is 12.7. The number of nitrogens with one attached hydrogen (secondary N) is 1. The number of rotatable bonds is 9. The molecular formula is C27H31NO4. The van der Waals surface area contributed by atoms with E-state index >= 15 is 0 Å². The van der Waals surface area contributed by atoms with Crippen LogP contribution in [-0.2, 0) is 13.0 Å². The highest BCUT2D eigenvalue weighted by atomic mass is 16.5. The lowest BCUT2D eigenvalue weighted by atomic mass is 10.1. The molecule has 3 rings (SSSR count). The second-order valence-electron chi connectivity index (χ2n) is 7.87. The van der Waals surface area contributed by atoms with Crippen molar-refractivity contribution in [3.05, 3.63) is 88.0 Å². The normalized spacial score (nSPS) is 10.5. The number of hydrogen-bond acceptors (Lipinski definition) is 4. The van der Waals surface area contributed by atoms with Crippen LogP contribution in [0.25, 0.3) is 0 Å². The first-order valence-corrected chi connectivity index (χ1v) is 10.7. The summed E-state index contributed by atoms with van der Waals surface area (Å²) in [6.45, 7) is 7.04. The van der Waals surface area contributed by atoms with Crippen molar-refractivity contribution in [1.29, 1.82) is 0 Å². The first-order chi connectivity index (χ1) is 15.4. The van der Waals surface area contributed by atoms with E-state index in [1.54, 1.807) is 20.3 Å². The van der Waals surface area contributed by atoms with E-state index in [9.17, 15) is 4.79 Å². The zero-order chi connectivity index (χ0) is 23.1. The monoisotopic (exact) mass is 433 g/mol. The molecule has 0 fully saturated rings. The van der Waals surface area contributed by atoms with E-state index in [0.717, 1.165) is 40.2 Å². The minimum atomic E-state index is -0.120. The molecule has 1 amide bonds. The van der Waals surface area contributed by atoms with Gasteiger partial charge in [-0.15, -0.1) is 0 Å². The summed E-state index contributed by atoms with van der Waals surface area (Å²) in [4.78, 5) is 12.7. The molecule has 3 aromatic rings. The summed E-state index contributed by atoms with van der Waals surface area (Å²) < 4.78 is 16.8. The van der Waals surface area contributed by atoms with Gasteiger partial charge >= 0.3 is 0 Å². The van der Waals surface area contributed by atoms with Gasteiger partial charge in [0.05, 0.1) is 14.2 Å². The van der Waals surface area contributed by atoms with Crippen molar-refractivity contribution < 1.29 is 19.0 Å². The average Bonchev–Trinajstić information content (AvgIpc) is 2.80. The number of carbonyl (C=O) groups is 1. The number of carbonyl (C=O) groups excluding carboxylic acids is 1. The van der Waals surface area contributed by atoms with Gasteiger partial charge in [0.25, 0.3) is 5.91 Å². The topological polar surface area (TPSA) is 56.8 Å². The lowest BCUT2D eigenvalue weighted by Gasteiger charge is -2.15. The Labute approximate surface area is 190 Å². The van der Waals surface area contributed by atoms with Crippen LogP contribution < -0.4 is 19.5 Å². The Hall–Kier alpha value is -3.47. The Bertz CT molecular complexity index is 1070. The molecule has 0 aliphatic heterocycles. The summed E-state index contributed by atoms with van der Waals surface area (Å²) in [6.07, 6.45) is 0.744. The smallest absolute Gasteiger partial charge is 0.251 e. The van der Waals surface area contributed by atoms with Crippen molar-refractivity contribution in [3.63, 3.8) is 0 Å². The van der Waals surface area contributed by atoms with Gasteiger partial charge in [-0.3, -0.25) is 4.79 Å². The Balaban J connectivity index is 1.65. The van der Waals surface area contributed by atoms with E-state index in [1.807, 2.05) is 49.4 Å². The van der Waals surface area contributed by atoms with E-state index in [-0.39, 0.29) is 5.91 Å². The first-order valence-electron chi connectivity index (χ1n) is 10.7. The van der Waals surface area contributed by atoms with Crippen LogP contribution in [0.4, 0.5) is 0 Å². The molecule has 3 aromatic carbocycles. The minimum Gasteiger partial charge on any atom is -0.497 e. The number of hydrogen-bond donors (Lipinski definition) is 1. The lowest BCUT2D eigenvalue weighted by Crippen LogP contribution is -2.25. The maximum Gasteiger partial charge on any atom is 0.251 e. The highest BCUT2D eigenvalue weighted by Gasteiger charge is 2.12. The number of amides is 1. The summed E-state index contributed by atoms with van der Waals surface area (Å²) in [6, 6.07) is 17.4. The van der Waals surface area contributed by atoms with Crippen molar-refractivity contribution in [2.75, 3.05) is 20.8 Å². The summed E-state index contributed by atoms with van der Waals surface area (Å²) in [5.74, 6) is 2.24. The highest BCUT2D eigenvalue weighted by Crippen LogP contribution is 2.27. The van der Waals surface area contributed by atoms with Crippen LogP contribution >= 0.6 is 0 Å². The van der Waals surface area contributed by atoms with Crippen LogP contribution in [0.2, 0.25) is 0 Å². The molecule has 0 atom stereocenters. The van der Waals surface area contributed by atoms with Crippen molar-refractivity contribution in [3.8, 4) is 17.2 Å². The predicted molar refractivity (Wildman–Crippen MR) is 127 cm³/mol. The standard InChI is InChI=1S/C27H31NO4/c1-18-14-19(2)20(3)26(15-18)32-17-23-16-22(8-11-25(23)31-5)27(29)28-13-12-21-6-9-24(30-4)10-7-21/h6-11,14-16H,12-13,17H2,1-5H3,(H,28,29). The molecule has 0 saturated carbocycles. The maximum atomic E-state index is 12.7. The van der Waals surface area contributed by atoms with Gasteiger partial charge in [0, 0.05) is 17.7 Å². The van der Waals surface area contributed by atoms with E-state index in [2.05, 4.69) is 25.2 Å². The second kappa shape index (κ2) is 10.7. The average molecular weight is 434 g/mol. The second-order valence-corrected chi connectivity index (χ2v) is 7.87. The Morgan fingerprint density at radius 3 is 2.31 bits per heavy atom. The zero-order valence-electron chi connectivity index (χ0n) is 19.5. The van der Waals surface area contributed by atoms with Gasteiger partial charge in [-0.25, -0.2) is 0 Å². The molecule has 0 bridgehead atoms. The molecule has 0 saturated heterocycles. The minimum absolute atomic E-state index is 0.120. The van der Waals surface area contributed by atoms with Gasteiger partial charge in [-0.1, -0.05) is 18.2 Å². The van der Waals surface area contributed by atoms with Crippen molar-refractivity contribution >= 4 is 5.91 Å². The van der Waals surface area contributed by atoms with Gasteiger partial charge < -0.3 is 19.5 Å². The molecule has 0 aromatic heterocycles. The number of benzene rings is 3. The fourth-order valence-electron chi connectivity index (χ4n) is 3.55. The van der Waals surface area contributed by atoms with Gasteiger partial charge in [-0.2, -0.15) is 0 Å². The fraction of sp³-hybridized carbons (Fsp3) is 0.296. The quantitative estimate of drug-likeness (QED) is 0.505. The predicted octanol–water partition coefficient (Wildman–Crippen LogP) is 5.18. The first kappa shape index (κ1) is 23.2. The summed E-state index contributed by atoms with van der Waals surface area (Å²) in [7, 11) is 3.27. The van der Waals surface area contributed by atoms with E-state index < -0.39 is 0 Å². The van der Waals surface area contributed by atoms with Crippen LogP contribution in [0, 0.1) is 20.8 Å². The molecular weight excluding hydrogens is 402 g/mol. The van der Waals surface area contributed by atoms with E-state index in [0.29, 0.717) is 24.5 Å². The highest BCUT2D eigenvalue weighted by molar-refractivity contribution is 5.94. The molecule has 1 N–H and O–H groups in total. The molecule has 0 radical (unpaired) electrons. The number of ether oxygens (including phenoxy) is 3. The molecule has 168 valence electrons. The van der Waals surface area contributed by atoms with Crippen LogP contribution in [0.5, 0.6) is 17.2 Å². The third-order valence-corrected chi connectivity index (χ3v) is 5.55. The molecule has 0 aliphatic rings.